The van der Waals surface area contributed by atoms with Gasteiger partial charge in [-0.25, -0.2) is 8.42 Å². The predicted octanol–water partition coefficient (Wildman–Crippen LogP) is 4.23. The summed E-state index contributed by atoms with van der Waals surface area (Å²) < 4.78 is 27.5. The fraction of sp³-hybridized carbons (Fsp3) is 0.381. The summed E-state index contributed by atoms with van der Waals surface area (Å²) >= 11 is 6.26. The summed E-state index contributed by atoms with van der Waals surface area (Å²) in [7, 11) is -3.93. The standard InChI is InChI=1S/C21H25ClN2O3S/c22-19-13-7-8-14-20(19)24(28(26,27)18-11-5-2-6-12-18)16-21(25)23-15-17-9-3-1-4-10-17/h2,5-8,11-14,17H,1,3-4,9-10,15-16H2,(H,23,25). The van der Waals surface area contributed by atoms with Gasteiger partial charge >= 0.3 is 0 Å². The van der Waals surface area contributed by atoms with Crippen LogP contribution in [0.2, 0.25) is 5.02 Å². The molecule has 5 nitrogen and oxygen atoms in total. The van der Waals surface area contributed by atoms with Crippen LogP contribution in [0.15, 0.2) is 59.5 Å². The van der Waals surface area contributed by atoms with Gasteiger partial charge in [-0.15, -0.1) is 0 Å². The van der Waals surface area contributed by atoms with Gasteiger partial charge in [-0.2, -0.15) is 0 Å². The number of hydrogen-bond acceptors (Lipinski definition) is 3. The molecule has 150 valence electrons. The van der Waals surface area contributed by atoms with Crippen LogP contribution in [0.25, 0.3) is 0 Å². The third-order valence-corrected chi connectivity index (χ3v) is 7.15. The molecule has 0 unspecified atom stereocenters. The van der Waals surface area contributed by atoms with Crippen LogP contribution in [0.3, 0.4) is 0 Å². The maximum atomic E-state index is 13.2. The van der Waals surface area contributed by atoms with Gasteiger partial charge in [-0.1, -0.05) is 61.2 Å². The van der Waals surface area contributed by atoms with E-state index < -0.39 is 10.0 Å². The molecule has 1 aliphatic carbocycles. The van der Waals surface area contributed by atoms with E-state index in [9.17, 15) is 13.2 Å². The Kier molecular flexibility index (Phi) is 6.97. The van der Waals surface area contributed by atoms with Crippen LogP contribution in [0, 0.1) is 5.92 Å². The van der Waals surface area contributed by atoms with Crippen molar-refractivity contribution in [3.05, 3.63) is 59.6 Å². The first kappa shape index (κ1) is 20.7. The summed E-state index contributed by atoms with van der Waals surface area (Å²) in [4.78, 5) is 12.7. The minimum Gasteiger partial charge on any atom is -0.354 e. The Balaban J connectivity index is 1.81. The molecule has 0 bridgehead atoms. The Hall–Kier alpha value is -2.05. The van der Waals surface area contributed by atoms with Crippen molar-refractivity contribution in [2.45, 2.75) is 37.0 Å². The first-order chi connectivity index (χ1) is 13.5. The summed E-state index contributed by atoms with van der Waals surface area (Å²) in [6.45, 7) is 0.272. The van der Waals surface area contributed by atoms with Gasteiger partial charge in [0.1, 0.15) is 6.54 Å². The Morgan fingerprint density at radius 2 is 1.64 bits per heavy atom. The molecule has 7 heteroatoms. The summed E-state index contributed by atoms with van der Waals surface area (Å²) in [5.74, 6) is 0.141. The highest BCUT2D eigenvalue weighted by Gasteiger charge is 2.28. The Bertz CT molecular complexity index is 897. The Labute approximate surface area is 171 Å². The second kappa shape index (κ2) is 9.43. The van der Waals surface area contributed by atoms with E-state index in [1.807, 2.05) is 0 Å². The zero-order valence-electron chi connectivity index (χ0n) is 15.7. The molecule has 0 aliphatic heterocycles. The number of rotatable bonds is 7. The molecule has 1 saturated carbocycles. The van der Waals surface area contributed by atoms with Crippen LogP contribution in [0.5, 0.6) is 0 Å². The molecule has 1 fully saturated rings. The van der Waals surface area contributed by atoms with Crippen LogP contribution < -0.4 is 9.62 Å². The number of sulfonamides is 1. The summed E-state index contributed by atoms with van der Waals surface area (Å²) in [5.41, 5.74) is 0.292. The van der Waals surface area contributed by atoms with E-state index in [4.69, 9.17) is 11.6 Å². The lowest BCUT2D eigenvalue weighted by molar-refractivity contribution is -0.119. The van der Waals surface area contributed by atoms with Crippen molar-refractivity contribution in [3.8, 4) is 0 Å². The monoisotopic (exact) mass is 420 g/mol. The van der Waals surface area contributed by atoms with Gasteiger partial charge in [0.25, 0.3) is 10.0 Å². The number of carbonyl (C=O) groups is 1. The predicted molar refractivity (Wildman–Crippen MR) is 112 cm³/mol. The molecule has 0 atom stereocenters. The summed E-state index contributed by atoms with van der Waals surface area (Å²) in [6.07, 6.45) is 5.84. The maximum Gasteiger partial charge on any atom is 0.264 e. The van der Waals surface area contributed by atoms with E-state index in [2.05, 4.69) is 5.32 Å². The quantitative estimate of drug-likeness (QED) is 0.728. The topological polar surface area (TPSA) is 66.5 Å². The van der Waals surface area contributed by atoms with Crippen LogP contribution >= 0.6 is 11.6 Å². The van der Waals surface area contributed by atoms with E-state index >= 15 is 0 Å². The zero-order chi connectivity index (χ0) is 20.0. The average molecular weight is 421 g/mol. The van der Waals surface area contributed by atoms with E-state index in [0.29, 0.717) is 18.2 Å². The lowest BCUT2D eigenvalue weighted by atomic mass is 9.89. The number of benzene rings is 2. The van der Waals surface area contributed by atoms with Crippen molar-refractivity contribution in [3.63, 3.8) is 0 Å². The second-order valence-corrected chi connectivity index (χ2v) is 9.35. The largest absolute Gasteiger partial charge is 0.354 e. The van der Waals surface area contributed by atoms with Gasteiger partial charge in [-0.3, -0.25) is 9.10 Å². The molecule has 1 aliphatic rings. The molecule has 2 aromatic rings. The van der Waals surface area contributed by atoms with Crippen molar-refractivity contribution in [1.29, 1.82) is 0 Å². The first-order valence-corrected chi connectivity index (χ1v) is 11.4. The molecule has 1 amide bonds. The number of para-hydroxylation sites is 1. The highest BCUT2D eigenvalue weighted by Crippen LogP contribution is 2.30. The third-order valence-electron chi connectivity index (χ3n) is 5.05. The normalized spacial score (nSPS) is 15.2. The van der Waals surface area contributed by atoms with Crippen molar-refractivity contribution in [2.24, 2.45) is 5.92 Å². The second-order valence-electron chi connectivity index (χ2n) is 7.08. The number of carbonyl (C=O) groups excluding carboxylic acids is 1. The molecular weight excluding hydrogens is 396 g/mol. The van der Waals surface area contributed by atoms with Crippen LogP contribution in [-0.2, 0) is 14.8 Å². The van der Waals surface area contributed by atoms with E-state index in [1.165, 1.54) is 31.4 Å². The Morgan fingerprint density at radius 1 is 1.00 bits per heavy atom. The highest BCUT2D eigenvalue weighted by atomic mass is 35.5. The third kappa shape index (κ3) is 5.06. The van der Waals surface area contributed by atoms with Gasteiger partial charge in [0, 0.05) is 6.54 Å². The number of halogens is 1. The highest BCUT2D eigenvalue weighted by molar-refractivity contribution is 7.92. The Morgan fingerprint density at radius 3 is 2.32 bits per heavy atom. The molecule has 2 aromatic carbocycles. The molecular formula is C21H25ClN2O3S. The zero-order valence-corrected chi connectivity index (χ0v) is 17.3. The molecule has 0 aromatic heterocycles. The minimum atomic E-state index is -3.93. The fourth-order valence-corrected chi connectivity index (χ4v) is 5.26. The maximum absolute atomic E-state index is 13.2. The van der Waals surface area contributed by atoms with Crippen LogP contribution in [0.1, 0.15) is 32.1 Å². The first-order valence-electron chi connectivity index (χ1n) is 9.57. The van der Waals surface area contributed by atoms with Gasteiger partial charge < -0.3 is 5.32 Å². The fourth-order valence-electron chi connectivity index (χ4n) is 3.51. The van der Waals surface area contributed by atoms with Crippen molar-refractivity contribution in [1.82, 2.24) is 5.32 Å². The summed E-state index contributed by atoms with van der Waals surface area (Å²) in [5, 5.41) is 3.19. The lowest BCUT2D eigenvalue weighted by Gasteiger charge is -2.26. The number of anilines is 1. The molecule has 0 saturated heterocycles. The molecule has 0 spiro atoms. The molecule has 28 heavy (non-hydrogen) atoms. The average Bonchev–Trinajstić information content (AvgIpc) is 2.72. The van der Waals surface area contributed by atoms with Gasteiger partial charge in [0.15, 0.2) is 0 Å². The number of nitrogens with one attached hydrogen (secondary N) is 1. The van der Waals surface area contributed by atoms with E-state index in [-0.39, 0.29) is 22.4 Å². The van der Waals surface area contributed by atoms with Crippen molar-refractivity contribution >= 4 is 33.2 Å². The number of amides is 1. The smallest absolute Gasteiger partial charge is 0.264 e. The van der Waals surface area contributed by atoms with Crippen molar-refractivity contribution in [2.75, 3.05) is 17.4 Å². The molecule has 1 N–H and O–H groups in total. The van der Waals surface area contributed by atoms with Crippen LogP contribution in [-0.4, -0.2) is 27.4 Å². The van der Waals surface area contributed by atoms with Gasteiger partial charge in [0.2, 0.25) is 5.91 Å². The van der Waals surface area contributed by atoms with Gasteiger partial charge in [-0.05, 0) is 43.0 Å². The lowest BCUT2D eigenvalue weighted by Crippen LogP contribution is -2.42. The van der Waals surface area contributed by atoms with E-state index in [0.717, 1.165) is 17.1 Å². The number of hydrogen-bond donors (Lipinski definition) is 1. The van der Waals surface area contributed by atoms with Crippen LogP contribution in [0.4, 0.5) is 5.69 Å². The number of nitrogens with zero attached hydrogens (tertiary/aromatic N) is 1. The van der Waals surface area contributed by atoms with Crippen molar-refractivity contribution < 1.29 is 13.2 Å². The minimum absolute atomic E-state index is 0.120. The molecule has 0 radical (unpaired) electrons. The SMILES string of the molecule is O=C(CN(c1ccccc1Cl)S(=O)(=O)c1ccccc1)NCC1CCCCC1. The summed E-state index contributed by atoms with van der Waals surface area (Å²) in [6, 6.07) is 14.7. The van der Waals surface area contributed by atoms with Gasteiger partial charge in [0.05, 0.1) is 15.6 Å². The molecule has 3 rings (SSSR count). The molecule has 0 heterocycles. The van der Waals surface area contributed by atoms with E-state index in [1.54, 1.807) is 42.5 Å².